The van der Waals surface area contributed by atoms with Crippen molar-refractivity contribution >= 4 is 11.8 Å². The SMILES string of the molecule is O=C(Cc1ccc2c(c1)CCC2)N1CCCN(C(=O)C2CCCC2)CC1. The molecule has 2 amide bonds. The third kappa shape index (κ3) is 3.79. The van der Waals surface area contributed by atoms with Gasteiger partial charge >= 0.3 is 0 Å². The Balaban J connectivity index is 1.33. The molecule has 2 fully saturated rings. The fourth-order valence-electron chi connectivity index (χ4n) is 4.84. The van der Waals surface area contributed by atoms with E-state index in [9.17, 15) is 9.59 Å². The summed E-state index contributed by atoms with van der Waals surface area (Å²) in [5.41, 5.74) is 4.02. The highest BCUT2D eigenvalue weighted by atomic mass is 16.2. The van der Waals surface area contributed by atoms with Gasteiger partial charge in [0.15, 0.2) is 0 Å². The maximum atomic E-state index is 12.8. The lowest BCUT2D eigenvalue weighted by Crippen LogP contribution is -2.39. The number of carbonyl (C=O) groups is 2. The molecule has 4 nitrogen and oxygen atoms in total. The Morgan fingerprint density at radius 3 is 2.42 bits per heavy atom. The summed E-state index contributed by atoms with van der Waals surface area (Å²) in [5, 5.41) is 0. The number of aryl methyl sites for hydroxylation is 2. The van der Waals surface area contributed by atoms with E-state index >= 15 is 0 Å². The van der Waals surface area contributed by atoms with Gasteiger partial charge in [0, 0.05) is 32.1 Å². The Bertz CT molecular complexity index is 679. The van der Waals surface area contributed by atoms with Gasteiger partial charge in [0.1, 0.15) is 0 Å². The highest BCUT2D eigenvalue weighted by Crippen LogP contribution is 2.27. The number of benzene rings is 1. The molecule has 1 aromatic carbocycles. The zero-order chi connectivity index (χ0) is 17.9. The zero-order valence-corrected chi connectivity index (χ0v) is 15.7. The molecule has 140 valence electrons. The summed E-state index contributed by atoms with van der Waals surface area (Å²) in [4.78, 5) is 29.4. The minimum Gasteiger partial charge on any atom is -0.341 e. The standard InChI is InChI=1S/C22H30N2O2/c25-21(16-17-9-10-18-7-3-8-20(18)15-17)23-11-4-12-24(14-13-23)22(26)19-5-1-2-6-19/h9-10,15,19H,1-8,11-14,16H2. The third-order valence-corrected chi connectivity index (χ3v) is 6.38. The first-order valence-electron chi connectivity index (χ1n) is 10.4. The molecule has 1 saturated carbocycles. The van der Waals surface area contributed by atoms with Crippen LogP contribution in [0.4, 0.5) is 0 Å². The van der Waals surface area contributed by atoms with Crippen molar-refractivity contribution in [1.82, 2.24) is 9.80 Å². The van der Waals surface area contributed by atoms with E-state index in [1.165, 1.54) is 36.8 Å². The summed E-state index contributed by atoms with van der Waals surface area (Å²) in [7, 11) is 0. The molecule has 4 heteroatoms. The largest absolute Gasteiger partial charge is 0.341 e. The number of rotatable bonds is 3. The first-order chi connectivity index (χ1) is 12.7. The summed E-state index contributed by atoms with van der Waals surface area (Å²) in [6, 6.07) is 6.55. The number of fused-ring (bicyclic) bond motifs is 1. The summed E-state index contributed by atoms with van der Waals surface area (Å²) in [5.74, 6) is 0.775. The molecule has 26 heavy (non-hydrogen) atoms. The fraction of sp³-hybridized carbons (Fsp3) is 0.636. The predicted octanol–water partition coefficient (Wildman–Crippen LogP) is 2.97. The fourth-order valence-corrected chi connectivity index (χ4v) is 4.84. The van der Waals surface area contributed by atoms with Crippen LogP contribution < -0.4 is 0 Å². The van der Waals surface area contributed by atoms with Crippen LogP contribution in [0.2, 0.25) is 0 Å². The van der Waals surface area contributed by atoms with Crippen molar-refractivity contribution in [2.24, 2.45) is 5.92 Å². The molecule has 1 saturated heterocycles. The van der Waals surface area contributed by atoms with Crippen molar-refractivity contribution in [1.29, 1.82) is 0 Å². The smallest absolute Gasteiger partial charge is 0.227 e. The predicted molar refractivity (Wildman–Crippen MR) is 102 cm³/mol. The highest BCUT2D eigenvalue weighted by molar-refractivity contribution is 5.80. The Kier molecular flexibility index (Phi) is 5.28. The first-order valence-corrected chi connectivity index (χ1v) is 10.4. The molecule has 3 aliphatic rings. The van der Waals surface area contributed by atoms with Crippen LogP contribution in [0.3, 0.4) is 0 Å². The van der Waals surface area contributed by atoms with Gasteiger partial charge in [-0.1, -0.05) is 31.0 Å². The molecule has 0 atom stereocenters. The Labute approximate surface area is 156 Å². The second-order valence-corrected chi connectivity index (χ2v) is 8.17. The van der Waals surface area contributed by atoms with Crippen LogP contribution in [0, 0.1) is 5.92 Å². The van der Waals surface area contributed by atoms with E-state index in [1.807, 2.05) is 9.80 Å². The maximum Gasteiger partial charge on any atom is 0.227 e. The lowest BCUT2D eigenvalue weighted by atomic mass is 10.0. The minimum atomic E-state index is 0.207. The minimum absolute atomic E-state index is 0.207. The maximum absolute atomic E-state index is 12.8. The Morgan fingerprint density at radius 2 is 1.58 bits per heavy atom. The van der Waals surface area contributed by atoms with Gasteiger partial charge in [-0.3, -0.25) is 9.59 Å². The van der Waals surface area contributed by atoms with Gasteiger partial charge in [0.2, 0.25) is 11.8 Å². The van der Waals surface area contributed by atoms with Crippen LogP contribution in [0.15, 0.2) is 18.2 Å². The van der Waals surface area contributed by atoms with E-state index in [0.717, 1.165) is 44.3 Å². The lowest BCUT2D eigenvalue weighted by molar-refractivity contribution is -0.136. The summed E-state index contributed by atoms with van der Waals surface area (Å²) < 4.78 is 0. The van der Waals surface area contributed by atoms with Crippen molar-refractivity contribution in [3.8, 4) is 0 Å². The molecule has 0 bridgehead atoms. The van der Waals surface area contributed by atoms with Gasteiger partial charge in [-0.15, -0.1) is 0 Å². The summed E-state index contributed by atoms with van der Waals surface area (Å²) in [6.45, 7) is 2.96. The first kappa shape index (κ1) is 17.6. The summed E-state index contributed by atoms with van der Waals surface area (Å²) in [6.07, 6.45) is 9.44. The molecular formula is C22H30N2O2. The van der Waals surface area contributed by atoms with Gasteiger partial charge in [-0.25, -0.2) is 0 Å². The average Bonchev–Trinajstić information content (AvgIpc) is 3.28. The molecule has 4 rings (SSSR count). The van der Waals surface area contributed by atoms with Crippen molar-refractivity contribution in [2.75, 3.05) is 26.2 Å². The van der Waals surface area contributed by atoms with Crippen LogP contribution >= 0.6 is 0 Å². The van der Waals surface area contributed by atoms with Gasteiger partial charge < -0.3 is 9.80 Å². The quantitative estimate of drug-likeness (QED) is 0.837. The zero-order valence-electron chi connectivity index (χ0n) is 15.7. The number of carbonyl (C=O) groups excluding carboxylic acids is 2. The molecule has 0 unspecified atom stereocenters. The molecule has 0 N–H and O–H groups in total. The van der Waals surface area contributed by atoms with Crippen LogP contribution in [0.5, 0.6) is 0 Å². The number of amides is 2. The van der Waals surface area contributed by atoms with Gasteiger partial charge in [0.25, 0.3) is 0 Å². The van der Waals surface area contributed by atoms with Crippen molar-refractivity contribution in [2.45, 2.75) is 57.8 Å². The van der Waals surface area contributed by atoms with E-state index in [2.05, 4.69) is 18.2 Å². The van der Waals surface area contributed by atoms with Gasteiger partial charge in [0.05, 0.1) is 6.42 Å². The van der Waals surface area contributed by atoms with Gasteiger partial charge in [-0.05, 0) is 55.2 Å². The van der Waals surface area contributed by atoms with Crippen LogP contribution in [-0.4, -0.2) is 47.8 Å². The van der Waals surface area contributed by atoms with E-state index in [4.69, 9.17) is 0 Å². The molecular weight excluding hydrogens is 324 g/mol. The average molecular weight is 354 g/mol. The monoisotopic (exact) mass is 354 g/mol. The number of nitrogens with zero attached hydrogens (tertiary/aromatic N) is 2. The molecule has 2 aliphatic carbocycles. The van der Waals surface area contributed by atoms with Gasteiger partial charge in [-0.2, -0.15) is 0 Å². The van der Waals surface area contributed by atoms with Crippen molar-refractivity contribution in [3.05, 3.63) is 34.9 Å². The molecule has 1 heterocycles. The number of hydrogen-bond acceptors (Lipinski definition) is 2. The summed E-state index contributed by atoms with van der Waals surface area (Å²) >= 11 is 0. The second kappa shape index (κ2) is 7.81. The molecule has 1 aliphatic heterocycles. The van der Waals surface area contributed by atoms with E-state index < -0.39 is 0 Å². The normalized spacial score (nSPS) is 20.9. The second-order valence-electron chi connectivity index (χ2n) is 8.17. The Morgan fingerprint density at radius 1 is 0.846 bits per heavy atom. The van der Waals surface area contributed by atoms with E-state index in [1.54, 1.807) is 0 Å². The van der Waals surface area contributed by atoms with Crippen LogP contribution in [0.1, 0.15) is 55.2 Å². The molecule has 1 aromatic rings. The topological polar surface area (TPSA) is 40.6 Å². The lowest BCUT2D eigenvalue weighted by Gasteiger charge is -2.24. The van der Waals surface area contributed by atoms with Crippen molar-refractivity contribution in [3.63, 3.8) is 0 Å². The molecule has 0 radical (unpaired) electrons. The number of hydrogen-bond donors (Lipinski definition) is 0. The molecule has 0 spiro atoms. The van der Waals surface area contributed by atoms with E-state index in [0.29, 0.717) is 25.4 Å². The van der Waals surface area contributed by atoms with E-state index in [-0.39, 0.29) is 11.8 Å². The van der Waals surface area contributed by atoms with Crippen molar-refractivity contribution < 1.29 is 9.59 Å². The third-order valence-electron chi connectivity index (χ3n) is 6.38. The highest BCUT2D eigenvalue weighted by Gasteiger charge is 2.29. The Hall–Kier alpha value is -1.84. The van der Waals surface area contributed by atoms with Crippen LogP contribution in [0.25, 0.3) is 0 Å². The molecule has 0 aromatic heterocycles. The van der Waals surface area contributed by atoms with Crippen LogP contribution in [-0.2, 0) is 28.9 Å².